The number of nitrogens with zero attached hydrogens (tertiary/aromatic N) is 5. The number of carbonyl (C=O) groups is 2. The average Bonchev–Trinajstić information content (AvgIpc) is 3.82. The molecular weight excluding hydrogens is 497 g/mol. The molecule has 6 rings (SSSR count). The van der Waals surface area contributed by atoms with E-state index in [1.807, 2.05) is 16.7 Å². The summed E-state index contributed by atoms with van der Waals surface area (Å²) >= 11 is 1.84. The van der Waals surface area contributed by atoms with Crippen molar-refractivity contribution in [2.24, 2.45) is 22.1 Å². The molecule has 1 aliphatic heterocycles. The van der Waals surface area contributed by atoms with E-state index in [2.05, 4.69) is 20.4 Å². The molecule has 1 saturated heterocycles. The van der Waals surface area contributed by atoms with Crippen LogP contribution in [0.15, 0.2) is 41.5 Å². The van der Waals surface area contributed by atoms with Gasteiger partial charge in [-0.1, -0.05) is 0 Å². The lowest BCUT2D eigenvalue weighted by Gasteiger charge is -2.30. The second-order valence-electron chi connectivity index (χ2n) is 9.56. The van der Waals surface area contributed by atoms with Gasteiger partial charge in [-0.2, -0.15) is 11.8 Å². The smallest absolute Gasteiger partial charge is 0.237 e. The van der Waals surface area contributed by atoms with E-state index in [1.54, 1.807) is 24.4 Å². The number of carbonyl (C=O) groups excluding carboxylic acids is 2. The number of amidine groups is 1. The van der Waals surface area contributed by atoms with E-state index < -0.39 is 11.2 Å². The number of amides is 2. The number of halogens is 1. The third-order valence-corrected chi connectivity index (χ3v) is 7.77. The highest BCUT2D eigenvalue weighted by Gasteiger charge is 2.55. The fraction of sp³-hybridized carbons (Fsp3) is 0.400. The molecular formula is C25H26FN7O3S. The number of anilines is 1. The Bertz CT molecular complexity index is 1410. The van der Waals surface area contributed by atoms with Crippen molar-refractivity contribution in [3.05, 3.63) is 42.3 Å². The topological polar surface area (TPSA) is 127 Å². The minimum absolute atomic E-state index is 0.0192. The molecule has 0 spiro atoms. The van der Waals surface area contributed by atoms with Crippen LogP contribution in [0.2, 0.25) is 0 Å². The molecule has 0 unspecified atom stereocenters. The van der Waals surface area contributed by atoms with Gasteiger partial charge < -0.3 is 20.7 Å². The first-order valence-corrected chi connectivity index (χ1v) is 13.4. The van der Waals surface area contributed by atoms with E-state index in [9.17, 15) is 14.0 Å². The standard InChI is InChI=1S/C25H26FN7O3S/c26-17-13-16(28-23(27)25(7-8-25)24(35)32-9-11-37-12-10-32)3-4-18(17)36-21-6-5-20-29-19(14-33(20)31-21)30-22(34)15-1-2-15/h3-6,13-15H,1-2,7-12H2,(H2,27,28)(H,30,34). The van der Waals surface area contributed by atoms with Gasteiger partial charge in [-0.15, -0.1) is 5.10 Å². The molecule has 1 aromatic carbocycles. The monoisotopic (exact) mass is 523 g/mol. The van der Waals surface area contributed by atoms with Crippen molar-refractivity contribution in [1.82, 2.24) is 19.5 Å². The number of hydrogen-bond acceptors (Lipinski definition) is 7. The Balaban J connectivity index is 1.15. The summed E-state index contributed by atoms with van der Waals surface area (Å²) in [6.45, 7) is 1.43. The molecule has 12 heteroatoms. The van der Waals surface area contributed by atoms with Gasteiger partial charge in [-0.25, -0.2) is 18.9 Å². The summed E-state index contributed by atoms with van der Waals surface area (Å²) in [7, 11) is 0. The highest BCUT2D eigenvalue weighted by atomic mass is 32.2. The summed E-state index contributed by atoms with van der Waals surface area (Å²) in [5.74, 6) is 1.99. The number of thioether (sulfide) groups is 1. The lowest BCUT2D eigenvalue weighted by Crippen LogP contribution is -2.46. The Morgan fingerprint density at radius 2 is 1.97 bits per heavy atom. The van der Waals surface area contributed by atoms with Gasteiger partial charge in [-0.3, -0.25) is 9.59 Å². The molecule has 2 aromatic heterocycles. The van der Waals surface area contributed by atoms with E-state index >= 15 is 0 Å². The van der Waals surface area contributed by atoms with Gasteiger partial charge in [0.05, 0.1) is 11.9 Å². The molecule has 3 N–H and O–H groups in total. The third-order valence-electron chi connectivity index (χ3n) is 6.82. The van der Waals surface area contributed by atoms with E-state index in [4.69, 9.17) is 10.5 Å². The van der Waals surface area contributed by atoms with Crippen LogP contribution in [0.3, 0.4) is 0 Å². The van der Waals surface area contributed by atoms with E-state index in [1.165, 1.54) is 16.6 Å². The van der Waals surface area contributed by atoms with Crippen molar-refractivity contribution in [2.45, 2.75) is 25.7 Å². The molecule has 2 aliphatic carbocycles. The van der Waals surface area contributed by atoms with E-state index in [0.717, 1.165) is 24.3 Å². The molecule has 0 atom stereocenters. The maximum absolute atomic E-state index is 14.9. The van der Waals surface area contributed by atoms with Crippen molar-refractivity contribution in [1.29, 1.82) is 0 Å². The molecule has 10 nitrogen and oxygen atoms in total. The fourth-order valence-electron chi connectivity index (χ4n) is 4.33. The molecule has 2 amide bonds. The zero-order chi connectivity index (χ0) is 25.6. The summed E-state index contributed by atoms with van der Waals surface area (Å²) in [5.41, 5.74) is 6.33. The number of aliphatic imine (C=N–C) groups is 1. The first kappa shape index (κ1) is 23.7. The molecule has 0 radical (unpaired) electrons. The van der Waals surface area contributed by atoms with Crippen molar-refractivity contribution in [3.63, 3.8) is 0 Å². The maximum atomic E-state index is 14.9. The van der Waals surface area contributed by atoms with Crippen molar-refractivity contribution < 1.29 is 18.7 Å². The van der Waals surface area contributed by atoms with Crippen molar-refractivity contribution >= 4 is 46.6 Å². The van der Waals surface area contributed by atoms with Gasteiger partial charge in [0.15, 0.2) is 23.0 Å². The first-order valence-electron chi connectivity index (χ1n) is 12.3. The quantitative estimate of drug-likeness (QED) is 0.359. The second-order valence-corrected chi connectivity index (χ2v) is 10.8. The lowest BCUT2D eigenvalue weighted by atomic mass is 10.0. The van der Waals surface area contributed by atoms with Crippen LogP contribution in [-0.4, -0.2) is 61.7 Å². The Hall–Kier alpha value is -3.67. The summed E-state index contributed by atoms with van der Waals surface area (Å²) in [6, 6.07) is 7.50. The Morgan fingerprint density at radius 1 is 1.19 bits per heavy atom. The van der Waals surface area contributed by atoms with Crippen LogP contribution >= 0.6 is 11.8 Å². The summed E-state index contributed by atoms with van der Waals surface area (Å²) in [4.78, 5) is 35.6. The van der Waals surface area contributed by atoms with Crippen molar-refractivity contribution in [2.75, 3.05) is 29.9 Å². The molecule has 3 fully saturated rings. The zero-order valence-corrected chi connectivity index (χ0v) is 20.8. The molecule has 192 valence electrons. The van der Waals surface area contributed by atoms with Gasteiger partial charge in [0, 0.05) is 42.6 Å². The summed E-state index contributed by atoms with van der Waals surface area (Å²) < 4.78 is 22.0. The van der Waals surface area contributed by atoms with E-state index in [0.29, 0.717) is 43.1 Å². The number of fused-ring (bicyclic) bond motifs is 1. The van der Waals surface area contributed by atoms with Gasteiger partial charge >= 0.3 is 0 Å². The number of nitrogens with one attached hydrogen (secondary N) is 1. The molecule has 3 aliphatic rings. The number of imidazole rings is 1. The number of aromatic nitrogens is 3. The van der Waals surface area contributed by atoms with Crippen LogP contribution in [0.5, 0.6) is 11.6 Å². The second kappa shape index (κ2) is 9.33. The average molecular weight is 524 g/mol. The highest BCUT2D eigenvalue weighted by Crippen LogP contribution is 2.48. The minimum atomic E-state index is -0.769. The van der Waals surface area contributed by atoms with Gasteiger partial charge in [0.2, 0.25) is 17.7 Å². The van der Waals surface area contributed by atoms with Crippen LogP contribution < -0.4 is 15.8 Å². The van der Waals surface area contributed by atoms with Gasteiger partial charge in [0.1, 0.15) is 11.3 Å². The van der Waals surface area contributed by atoms with Crippen LogP contribution in [0.1, 0.15) is 25.7 Å². The van der Waals surface area contributed by atoms with Gasteiger partial charge in [0.25, 0.3) is 0 Å². The highest BCUT2D eigenvalue weighted by molar-refractivity contribution is 7.99. The summed E-state index contributed by atoms with van der Waals surface area (Å²) in [6.07, 6.45) is 4.69. The fourth-order valence-corrected chi connectivity index (χ4v) is 5.23. The van der Waals surface area contributed by atoms with E-state index in [-0.39, 0.29) is 35.2 Å². The number of nitrogens with two attached hydrogens (primary N) is 1. The molecule has 3 heterocycles. The van der Waals surface area contributed by atoms with Crippen molar-refractivity contribution in [3.8, 4) is 11.6 Å². The number of benzene rings is 1. The molecule has 2 saturated carbocycles. The third kappa shape index (κ3) is 4.85. The normalized spacial score (nSPS) is 19.1. The lowest BCUT2D eigenvalue weighted by molar-refractivity contribution is -0.134. The number of ether oxygens (including phenoxy) is 1. The Kier molecular flexibility index (Phi) is 5.98. The predicted molar refractivity (Wildman–Crippen MR) is 138 cm³/mol. The number of hydrogen-bond donors (Lipinski definition) is 2. The SMILES string of the molecule is NC(=Nc1ccc(Oc2ccc3nc(NC(=O)C4CC4)cn3n2)c(F)c1)C1(C(=O)N2CCSCC2)CC1. The first-order chi connectivity index (χ1) is 17.9. The number of rotatable bonds is 7. The predicted octanol–water partition coefficient (Wildman–Crippen LogP) is 3.35. The largest absolute Gasteiger partial charge is 0.434 e. The van der Waals surface area contributed by atoms with Crippen LogP contribution in [0.25, 0.3) is 5.65 Å². The van der Waals surface area contributed by atoms with Gasteiger partial charge in [-0.05, 0) is 43.9 Å². The van der Waals surface area contributed by atoms with Crippen LogP contribution in [0.4, 0.5) is 15.9 Å². The maximum Gasteiger partial charge on any atom is 0.237 e. The van der Waals surface area contributed by atoms with Crippen LogP contribution in [-0.2, 0) is 9.59 Å². The Labute approximate surface area is 216 Å². The summed E-state index contributed by atoms with van der Waals surface area (Å²) in [5, 5.41) is 7.07. The molecule has 0 bridgehead atoms. The molecule has 3 aromatic rings. The molecule has 37 heavy (non-hydrogen) atoms. The zero-order valence-electron chi connectivity index (χ0n) is 20.0. The van der Waals surface area contributed by atoms with Crippen LogP contribution in [0, 0.1) is 17.2 Å². The Morgan fingerprint density at radius 3 is 2.68 bits per heavy atom. The minimum Gasteiger partial charge on any atom is -0.434 e.